The number of hydrogen-bond donors (Lipinski definition) is 0. The Bertz CT molecular complexity index is 1100. The lowest BCUT2D eigenvalue weighted by molar-refractivity contribution is 0.467. The third-order valence-electron chi connectivity index (χ3n) is 4.11. The van der Waals surface area contributed by atoms with Crippen molar-refractivity contribution in [3.63, 3.8) is 0 Å². The maximum absolute atomic E-state index is 6.19. The predicted octanol–water partition coefficient (Wildman–Crippen LogP) is 5.26. The molecule has 128 valence electrons. The number of nitrogens with zero attached hydrogens (tertiary/aromatic N) is 4. The van der Waals surface area contributed by atoms with Gasteiger partial charge in [0.1, 0.15) is 12.0 Å². The summed E-state index contributed by atoms with van der Waals surface area (Å²) in [6, 6.07) is 13.5. The minimum Gasteiger partial charge on any atom is -0.436 e. The van der Waals surface area contributed by atoms with Gasteiger partial charge in [0.15, 0.2) is 5.75 Å². The molecule has 0 aliphatic rings. The fourth-order valence-corrected chi connectivity index (χ4v) is 3.00. The van der Waals surface area contributed by atoms with E-state index in [1.54, 1.807) is 6.20 Å². The van der Waals surface area contributed by atoms with Crippen LogP contribution in [0.3, 0.4) is 0 Å². The number of pyridine rings is 2. The molecule has 3 heterocycles. The van der Waals surface area contributed by atoms with Crippen molar-refractivity contribution in [3.8, 4) is 23.0 Å². The second-order valence-corrected chi connectivity index (χ2v) is 6.81. The van der Waals surface area contributed by atoms with Crippen LogP contribution >= 0.6 is 15.9 Å². The molecule has 4 rings (SSSR count). The summed E-state index contributed by atoms with van der Waals surface area (Å²) in [7, 11) is 0. The van der Waals surface area contributed by atoms with Crippen LogP contribution in [-0.2, 0) is 0 Å². The third kappa shape index (κ3) is 3.15. The van der Waals surface area contributed by atoms with Gasteiger partial charge in [-0.15, -0.1) is 0 Å². The summed E-state index contributed by atoms with van der Waals surface area (Å²) in [4.78, 5) is 17.7. The quantitative estimate of drug-likeness (QED) is 0.464. The van der Waals surface area contributed by atoms with Crippen LogP contribution in [0.2, 0.25) is 0 Å². The fraction of sp³-hybridized carbons (Fsp3) is 0.100. The summed E-state index contributed by atoms with van der Waals surface area (Å²) in [6.45, 7) is 3.98. The maximum atomic E-state index is 6.19. The first kappa shape index (κ1) is 16.6. The van der Waals surface area contributed by atoms with Crippen molar-refractivity contribution in [2.75, 3.05) is 0 Å². The van der Waals surface area contributed by atoms with Crippen molar-refractivity contribution in [3.05, 3.63) is 70.7 Å². The van der Waals surface area contributed by atoms with E-state index in [1.807, 2.05) is 56.3 Å². The molecule has 0 amide bonds. The van der Waals surface area contributed by atoms with E-state index >= 15 is 0 Å². The second-order valence-electron chi connectivity index (χ2n) is 5.89. The molecule has 0 saturated carbocycles. The van der Waals surface area contributed by atoms with Gasteiger partial charge >= 0.3 is 0 Å². The Kier molecular flexibility index (Phi) is 4.34. The van der Waals surface area contributed by atoms with Crippen LogP contribution < -0.4 is 4.74 Å². The number of rotatable bonds is 3. The zero-order chi connectivity index (χ0) is 18.1. The van der Waals surface area contributed by atoms with Gasteiger partial charge in [0.05, 0.1) is 16.6 Å². The first-order valence-electron chi connectivity index (χ1n) is 8.09. The summed E-state index contributed by atoms with van der Waals surface area (Å²) in [6.07, 6.45) is 3.24. The topological polar surface area (TPSA) is 60.8 Å². The van der Waals surface area contributed by atoms with Crippen LogP contribution in [0, 0.1) is 13.8 Å². The molecule has 6 heteroatoms. The van der Waals surface area contributed by atoms with E-state index in [9.17, 15) is 0 Å². The average Bonchev–Trinajstić information content (AvgIpc) is 2.65. The molecule has 0 radical (unpaired) electrons. The van der Waals surface area contributed by atoms with Gasteiger partial charge in [-0.1, -0.05) is 22.0 Å². The van der Waals surface area contributed by atoms with Gasteiger partial charge in [0.25, 0.3) is 0 Å². The molecule has 0 aliphatic heterocycles. The SMILES string of the molecule is Cc1cc(Oc2ncnc3ccc(Br)cc23)c(-c2ccccn2)nc1C. The van der Waals surface area contributed by atoms with E-state index in [4.69, 9.17) is 9.72 Å². The number of ether oxygens (including phenoxy) is 1. The predicted molar refractivity (Wildman–Crippen MR) is 104 cm³/mol. The van der Waals surface area contributed by atoms with Crippen molar-refractivity contribution < 1.29 is 4.74 Å². The molecule has 0 aliphatic carbocycles. The van der Waals surface area contributed by atoms with Crippen molar-refractivity contribution in [1.29, 1.82) is 0 Å². The molecular weight excluding hydrogens is 392 g/mol. The molecule has 0 atom stereocenters. The van der Waals surface area contributed by atoms with E-state index in [0.717, 1.165) is 32.3 Å². The van der Waals surface area contributed by atoms with E-state index in [0.29, 0.717) is 17.3 Å². The molecule has 5 nitrogen and oxygen atoms in total. The molecule has 26 heavy (non-hydrogen) atoms. The molecule has 0 saturated heterocycles. The van der Waals surface area contributed by atoms with Crippen molar-refractivity contribution in [2.45, 2.75) is 13.8 Å². The largest absolute Gasteiger partial charge is 0.436 e. The molecule has 4 aromatic rings. The van der Waals surface area contributed by atoms with Gasteiger partial charge < -0.3 is 4.74 Å². The standard InChI is InChI=1S/C20H15BrN4O/c1-12-9-18(19(25-13(12)2)17-5-3-4-8-22-17)26-20-15-10-14(21)6-7-16(15)23-11-24-20/h3-11H,1-2H3. The summed E-state index contributed by atoms with van der Waals surface area (Å²) in [5, 5.41) is 0.826. The van der Waals surface area contributed by atoms with Crippen molar-refractivity contribution in [2.24, 2.45) is 0 Å². The number of aromatic nitrogens is 4. The molecule has 1 aromatic carbocycles. The number of benzene rings is 1. The zero-order valence-electron chi connectivity index (χ0n) is 14.3. The molecular formula is C20H15BrN4O. The van der Waals surface area contributed by atoms with Gasteiger partial charge in [-0.3, -0.25) is 4.98 Å². The molecule has 0 spiro atoms. The first-order chi connectivity index (χ1) is 12.6. The third-order valence-corrected chi connectivity index (χ3v) is 4.60. The minimum absolute atomic E-state index is 0.485. The van der Waals surface area contributed by atoms with E-state index in [2.05, 4.69) is 30.9 Å². The van der Waals surface area contributed by atoms with Crippen LogP contribution in [0.15, 0.2) is 59.5 Å². The molecule has 0 unspecified atom stereocenters. The van der Waals surface area contributed by atoms with Gasteiger partial charge in [0.2, 0.25) is 5.88 Å². The summed E-state index contributed by atoms with van der Waals surface area (Å²) < 4.78 is 7.13. The van der Waals surface area contributed by atoms with E-state index in [1.165, 1.54) is 6.33 Å². The lowest BCUT2D eigenvalue weighted by Crippen LogP contribution is -1.99. The lowest BCUT2D eigenvalue weighted by Gasteiger charge is -2.13. The lowest BCUT2D eigenvalue weighted by atomic mass is 10.1. The van der Waals surface area contributed by atoms with Crippen molar-refractivity contribution in [1.82, 2.24) is 19.9 Å². The van der Waals surface area contributed by atoms with Crippen LogP contribution in [0.4, 0.5) is 0 Å². The van der Waals surface area contributed by atoms with Crippen LogP contribution in [0.1, 0.15) is 11.3 Å². The highest BCUT2D eigenvalue weighted by Crippen LogP contribution is 2.34. The smallest absolute Gasteiger partial charge is 0.230 e. The number of aryl methyl sites for hydroxylation is 2. The van der Waals surface area contributed by atoms with Gasteiger partial charge in [-0.2, -0.15) is 0 Å². The monoisotopic (exact) mass is 406 g/mol. The highest BCUT2D eigenvalue weighted by molar-refractivity contribution is 9.10. The highest BCUT2D eigenvalue weighted by atomic mass is 79.9. The molecule has 0 fully saturated rings. The Labute approximate surface area is 159 Å². The van der Waals surface area contributed by atoms with Crippen molar-refractivity contribution >= 4 is 26.8 Å². The van der Waals surface area contributed by atoms with Gasteiger partial charge in [0, 0.05) is 16.4 Å². The highest BCUT2D eigenvalue weighted by Gasteiger charge is 2.15. The number of halogens is 1. The normalized spacial score (nSPS) is 10.9. The van der Waals surface area contributed by atoms with Crippen LogP contribution in [0.5, 0.6) is 11.6 Å². The van der Waals surface area contributed by atoms with Crippen LogP contribution in [0.25, 0.3) is 22.3 Å². The summed E-state index contributed by atoms with van der Waals surface area (Å²) in [5.41, 5.74) is 4.24. The van der Waals surface area contributed by atoms with E-state index in [-0.39, 0.29) is 0 Å². The number of fused-ring (bicyclic) bond motifs is 1. The molecule has 3 aromatic heterocycles. The second kappa shape index (κ2) is 6.80. The number of hydrogen-bond acceptors (Lipinski definition) is 5. The van der Waals surface area contributed by atoms with Crippen LogP contribution in [-0.4, -0.2) is 19.9 Å². The average molecular weight is 407 g/mol. The molecule has 0 N–H and O–H groups in total. The van der Waals surface area contributed by atoms with E-state index < -0.39 is 0 Å². The Hall–Kier alpha value is -2.86. The summed E-state index contributed by atoms with van der Waals surface area (Å²) in [5.74, 6) is 1.10. The van der Waals surface area contributed by atoms with Gasteiger partial charge in [-0.05, 0) is 55.8 Å². The first-order valence-corrected chi connectivity index (χ1v) is 8.89. The molecule has 0 bridgehead atoms. The minimum atomic E-state index is 0.485. The van der Waals surface area contributed by atoms with Gasteiger partial charge in [-0.25, -0.2) is 15.0 Å². The Morgan fingerprint density at radius 3 is 2.65 bits per heavy atom. The Morgan fingerprint density at radius 2 is 1.85 bits per heavy atom. The maximum Gasteiger partial charge on any atom is 0.230 e. The summed E-state index contributed by atoms with van der Waals surface area (Å²) >= 11 is 3.49. The fourth-order valence-electron chi connectivity index (χ4n) is 2.64. The zero-order valence-corrected chi connectivity index (χ0v) is 15.9. The Balaban J connectivity index is 1.87. The Morgan fingerprint density at radius 1 is 0.962 bits per heavy atom.